The molecular formula is C27H28FN3O2. The number of aryl methyl sites for hydroxylation is 3. The molecule has 5 nitrogen and oxygen atoms in total. The second-order valence-corrected chi connectivity index (χ2v) is 8.13. The third kappa shape index (κ3) is 5.58. The van der Waals surface area contributed by atoms with Gasteiger partial charge in [-0.05, 0) is 79.9 Å². The monoisotopic (exact) mass is 445 g/mol. The van der Waals surface area contributed by atoms with E-state index in [0.29, 0.717) is 25.1 Å². The number of benzene rings is 3. The highest BCUT2D eigenvalue weighted by Crippen LogP contribution is 2.19. The number of para-hydroxylation sites is 2. The number of fused-ring (bicyclic) bond motifs is 1. The van der Waals surface area contributed by atoms with E-state index < -0.39 is 0 Å². The number of imidazole rings is 1. The van der Waals surface area contributed by atoms with Crippen LogP contribution < -0.4 is 10.1 Å². The SMILES string of the molecule is Cc1ccc(OCCCn2c(CCNC(=O)c3ccc(F)cc3)nc3ccccc32)cc1C. The fourth-order valence-electron chi connectivity index (χ4n) is 3.77. The van der Waals surface area contributed by atoms with Crippen molar-refractivity contribution < 1.29 is 13.9 Å². The molecule has 1 heterocycles. The van der Waals surface area contributed by atoms with Crippen LogP contribution in [0, 0.1) is 19.7 Å². The molecule has 0 atom stereocenters. The summed E-state index contributed by atoms with van der Waals surface area (Å²) in [7, 11) is 0. The standard InChI is InChI=1S/C27H28FN3O2/c1-19-8-13-23(18-20(19)2)33-17-5-16-31-25-7-4-3-6-24(25)30-26(31)14-15-29-27(32)21-9-11-22(28)12-10-21/h3-4,6-13,18H,5,14-17H2,1-2H3,(H,29,32). The molecule has 0 unspecified atom stereocenters. The van der Waals surface area contributed by atoms with E-state index in [0.717, 1.165) is 35.6 Å². The van der Waals surface area contributed by atoms with Crippen molar-refractivity contribution in [1.82, 2.24) is 14.9 Å². The number of hydrogen-bond acceptors (Lipinski definition) is 3. The van der Waals surface area contributed by atoms with Gasteiger partial charge in [0.25, 0.3) is 5.91 Å². The molecule has 4 aromatic rings. The van der Waals surface area contributed by atoms with Gasteiger partial charge in [-0.3, -0.25) is 4.79 Å². The van der Waals surface area contributed by atoms with E-state index in [1.807, 2.05) is 24.3 Å². The Bertz CT molecular complexity index is 1250. The molecule has 6 heteroatoms. The van der Waals surface area contributed by atoms with Crippen molar-refractivity contribution in [2.45, 2.75) is 33.2 Å². The summed E-state index contributed by atoms with van der Waals surface area (Å²) in [5.41, 5.74) is 4.92. The Morgan fingerprint density at radius 2 is 1.82 bits per heavy atom. The largest absolute Gasteiger partial charge is 0.494 e. The van der Waals surface area contributed by atoms with Crippen LogP contribution in [0.4, 0.5) is 4.39 Å². The van der Waals surface area contributed by atoms with Gasteiger partial charge in [-0.1, -0.05) is 18.2 Å². The Kier molecular flexibility index (Phi) is 7.03. The van der Waals surface area contributed by atoms with Gasteiger partial charge in [-0.15, -0.1) is 0 Å². The van der Waals surface area contributed by atoms with Crippen molar-refractivity contribution >= 4 is 16.9 Å². The van der Waals surface area contributed by atoms with E-state index >= 15 is 0 Å². The van der Waals surface area contributed by atoms with Crippen LogP contribution in [-0.2, 0) is 13.0 Å². The molecule has 0 radical (unpaired) electrons. The smallest absolute Gasteiger partial charge is 0.251 e. The summed E-state index contributed by atoms with van der Waals surface area (Å²) in [5.74, 6) is 1.22. The van der Waals surface area contributed by atoms with Gasteiger partial charge in [0, 0.05) is 25.1 Å². The molecule has 1 aromatic heterocycles. The third-order valence-corrected chi connectivity index (χ3v) is 5.75. The molecule has 3 aromatic carbocycles. The zero-order chi connectivity index (χ0) is 23.2. The average molecular weight is 446 g/mol. The molecule has 33 heavy (non-hydrogen) atoms. The second-order valence-electron chi connectivity index (χ2n) is 8.13. The summed E-state index contributed by atoms with van der Waals surface area (Å²) >= 11 is 0. The summed E-state index contributed by atoms with van der Waals surface area (Å²) in [6.45, 7) is 5.99. The van der Waals surface area contributed by atoms with Gasteiger partial charge in [0.05, 0.1) is 17.6 Å². The van der Waals surface area contributed by atoms with Crippen LogP contribution in [0.1, 0.15) is 33.7 Å². The molecule has 0 aliphatic heterocycles. The average Bonchev–Trinajstić information content (AvgIpc) is 3.16. The lowest BCUT2D eigenvalue weighted by Crippen LogP contribution is -2.26. The first-order valence-electron chi connectivity index (χ1n) is 11.2. The summed E-state index contributed by atoms with van der Waals surface area (Å²) in [6, 6.07) is 19.7. The van der Waals surface area contributed by atoms with Gasteiger partial charge < -0.3 is 14.6 Å². The Morgan fingerprint density at radius 3 is 2.61 bits per heavy atom. The van der Waals surface area contributed by atoms with Gasteiger partial charge in [0.1, 0.15) is 17.4 Å². The number of ether oxygens (including phenoxy) is 1. The maximum atomic E-state index is 13.1. The lowest BCUT2D eigenvalue weighted by molar-refractivity contribution is 0.0954. The van der Waals surface area contributed by atoms with Crippen molar-refractivity contribution in [3.8, 4) is 5.75 Å². The van der Waals surface area contributed by atoms with E-state index in [1.54, 1.807) is 0 Å². The fraction of sp³-hybridized carbons (Fsp3) is 0.259. The molecule has 0 saturated heterocycles. The van der Waals surface area contributed by atoms with Crippen LogP contribution in [0.25, 0.3) is 11.0 Å². The quantitative estimate of drug-likeness (QED) is 0.359. The van der Waals surface area contributed by atoms with Crippen molar-refractivity contribution in [3.05, 3.63) is 95.1 Å². The van der Waals surface area contributed by atoms with Crippen molar-refractivity contribution in [2.24, 2.45) is 0 Å². The van der Waals surface area contributed by atoms with Crippen LogP contribution in [0.5, 0.6) is 5.75 Å². The molecule has 4 rings (SSSR count). The first-order valence-corrected chi connectivity index (χ1v) is 11.2. The van der Waals surface area contributed by atoms with E-state index in [4.69, 9.17) is 9.72 Å². The van der Waals surface area contributed by atoms with E-state index in [9.17, 15) is 9.18 Å². The summed E-state index contributed by atoms with van der Waals surface area (Å²) in [4.78, 5) is 17.1. The highest BCUT2D eigenvalue weighted by atomic mass is 19.1. The topological polar surface area (TPSA) is 56.1 Å². The van der Waals surface area contributed by atoms with Gasteiger partial charge in [-0.2, -0.15) is 0 Å². The highest BCUT2D eigenvalue weighted by Gasteiger charge is 2.12. The predicted molar refractivity (Wildman–Crippen MR) is 128 cm³/mol. The number of carbonyl (C=O) groups excluding carboxylic acids is 1. The van der Waals surface area contributed by atoms with Crippen LogP contribution in [0.3, 0.4) is 0 Å². The zero-order valence-electron chi connectivity index (χ0n) is 19.0. The second kappa shape index (κ2) is 10.3. The van der Waals surface area contributed by atoms with Crippen molar-refractivity contribution in [1.29, 1.82) is 0 Å². The highest BCUT2D eigenvalue weighted by molar-refractivity contribution is 5.94. The summed E-state index contributed by atoms with van der Waals surface area (Å²) < 4.78 is 21.2. The minimum Gasteiger partial charge on any atom is -0.494 e. The number of rotatable bonds is 9. The van der Waals surface area contributed by atoms with E-state index in [-0.39, 0.29) is 11.7 Å². The number of nitrogens with zero attached hydrogens (tertiary/aromatic N) is 2. The first kappa shape index (κ1) is 22.5. The van der Waals surface area contributed by atoms with E-state index in [1.165, 1.54) is 35.4 Å². The number of halogens is 1. The van der Waals surface area contributed by atoms with Crippen LogP contribution in [0.2, 0.25) is 0 Å². The molecule has 0 saturated carbocycles. The van der Waals surface area contributed by atoms with Crippen LogP contribution in [0.15, 0.2) is 66.7 Å². The Hall–Kier alpha value is -3.67. The van der Waals surface area contributed by atoms with Gasteiger partial charge >= 0.3 is 0 Å². The molecule has 170 valence electrons. The molecule has 0 bridgehead atoms. The summed E-state index contributed by atoms with van der Waals surface area (Å²) in [6.07, 6.45) is 1.43. The lowest BCUT2D eigenvalue weighted by atomic mass is 10.1. The summed E-state index contributed by atoms with van der Waals surface area (Å²) in [5, 5.41) is 2.90. The lowest BCUT2D eigenvalue weighted by Gasteiger charge is -2.12. The van der Waals surface area contributed by atoms with Crippen molar-refractivity contribution in [2.75, 3.05) is 13.2 Å². The van der Waals surface area contributed by atoms with Crippen LogP contribution >= 0.6 is 0 Å². The molecule has 0 aliphatic rings. The zero-order valence-corrected chi connectivity index (χ0v) is 19.0. The predicted octanol–water partition coefficient (Wildman–Crippen LogP) is 5.23. The molecular weight excluding hydrogens is 417 g/mol. The maximum absolute atomic E-state index is 13.1. The first-order chi connectivity index (χ1) is 16.0. The molecule has 0 aliphatic carbocycles. The molecule has 1 amide bonds. The Morgan fingerprint density at radius 1 is 1.03 bits per heavy atom. The Balaban J connectivity index is 1.37. The van der Waals surface area contributed by atoms with Crippen molar-refractivity contribution in [3.63, 3.8) is 0 Å². The van der Waals surface area contributed by atoms with Gasteiger partial charge in [0.15, 0.2) is 0 Å². The van der Waals surface area contributed by atoms with Gasteiger partial charge in [0.2, 0.25) is 0 Å². The van der Waals surface area contributed by atoms with Gasteiger partial charge in [-0.25, -0.2) is 9.37 Å². The third-order valence-electron chi connectivity index (χ3n) is 5.75. The normalized spacial score (nSPS) is 11.0. The molecule has 0 fully saturated rings. The number of amides is 1. The molecule has 0 spiro atoms. The minimum absolute atomic E-state index is 0.223. The fourth-order valence-corrected chi connectivity index (χ4v) is 3.77. The number of hydrogen-bond donors (Lipinski definition) is 1. The minimum atomic E-state index is -0.359. The molecule has 1 N–H and O–H groups in total. The number of aromatic nitrogens is 2. The van der Waals surface area contributed by atoms with Crippen LogP contribution in [-0.4, -0.2) is 28.6 Å². The van der Waals surface area contributed by atoms with E-state index in [2.05, 4.69) is 41.9 Å². The maximum Gasteiger partial charge on any atom is 0.251 e. The number of nitrogens with one attached hydrogen (secondary N) is 1. The number of carbonyl (C=O) groups is 1. The Labute approximate surface area is 193 Å².